The first-order valence-electron chi connectivity index (χ1n) is 6.96. The maximum atomic E-state index is 12.7. The van der Waals surface area contributed by atoms with Crippen LogP contribution >= 0.6 is 11.8 Å². The Hall–Kier alpha value is -1.00. The number of carbonyl (C=O) groups is 1. The van der Waals surface area contributed by atoms with E-state index < -0.39 is 0 Å². The lowest BCUT2D eigenvalue weighted by Crippen LogP contribution is -2.59. The number of likely N-dealkylation sites (tertiary alicyclic amines) is 1. The van der Waals surface area contributed by atoms with Gasteiger partial charge in [0.05, 0.1) is 5.56 Å². The summed E-state index contributed by atoms with van der Waals surface area (Å²) in [5, 5.41) is 3.62. The predicted octanol–water partition coefficient (Wildman–Crippen LogP) is 2.38. The highest BCUT2D eigenvalue weighted by Gasteiger charge is 2.32. The molecule has 2 aliphatic rings. The van der Waals surface area contributed by atoms with E-state index in [0.717, 1.165) is 23.5 Å². The molecule has 1 aromatic rings. The van der Waals surface area contributed by atoms with Crippen LogP contribution in [0.15, 0.2) is 29.2 Å². The zero-order valence-electron chi connectivity index (χ0n) is 11.3. The topological polar surface area (TPSA) is 32.3 Å². The first-order valence-corrected chi connectivity index (χ1v) is 8.18. The van der Waals surface area contributed by atoms with Crippen molar-refractivity contribution in [3.05, 3.63) is 29.8 Å². The number of carbonyl (C=O) groups excluding carboxylic acids is 1. The van der Waals surface area contributed by atoms with Gasteiger partial charge in [0.15, 0.2) is 0 Å². The molecule has 2 fully saturated rings. The van der Waals surface area contributed by atoms with Crippen molar-refractivity contribution in [2.75, 3.05) is 19.3 Å². The first kappa shape index (κ1) is 13.0. The lowest BCUT2D eigenvalue weighted by molar-refractivity contribution is 0.0605. The van der Waals surface area contributed by atoms with Crippen molar-refractivity contribution in [2.24, 2.45) is 0 Å². The van der Waals surface area contributed by atoms with E-state index in [2.05, 4.69) is 5.32 Å². The van der Waals surface area contributed by atoms with E-state index in [1.165, 1.54) is 19.3 Å². The third-order valence-electron chi connectivity index (χ3n) is 4.08. The second-order valence-corrected chi connectivity index (χ2v) is 6.25. The van der Waals surface area contributed by atoms with E-state index in [-0.39, 0.29) is 5.91 Å². The highest BCUT2D eigenvalue weighted by atomic mass is 32.2. The van der Waals surface area contributed by atoms with Crippen molar-refractivity contribution in [1.29, 1.82) is 0 Å². The Morgan fingerprint density at radius 2 is 1.95 bits per heavy atom. The van der Waals surface area contributed by atoms with E-state index in [1.807, 2.05) is 35.4 Å². The van der Waals surface area contributed by atoms with Crippen LogP contribution < -0.4 is 5.32 Å². The molecule has 1 aromatic carbocycles. The summed E-state index contributed by atoms with van der Waals surface area (Å²) in [6.45, 7) is 1.72. The fourth-order valence-electron chi connectivity index (χ4n) is 3.16. The molecule has 0 aliphatic carbocycles. The summed E-state index contributed by atoms with van der Waals surface area (Å²) in [5.41, 5.74) is 0.856. The number of piperidine rings is 1. The Kier molecular flexibility index (Phi) is 3.80. The fourth-order valence-corrected chi connectivity index (χ4v) is 3.75. The molecule has 2 unspecified atom stereocenters. The van der Waals surface area contributed by atoms with Crippen molar-refractivity contribution in [3.63, 3.8) is 0 Å². The molecule has 2 atom stereocenters. The van der Waals surface area contributed by atoms with Gasteiger partial charge in [0.25, 0.3) is 5.91 Å². The standard InChI is InChI=1S/C15H20N2OS/c1-19-14-8-3-2-7-13(14)15(18)17-9-11-5-4-6-12(10-17)16-11/h2-3,7-8,11-12,16H,4-6,9-10H2,1H3. The number of fused-ring (bicyclic) bond motifs is 2. The van der Waals surface area contributed by atoms with E-state index >= 15 is 0 Å². The maximum absolute atomic E-state index is 12.7. The largest absolute Gasteiger partial charge is 0.335 e. The van der Waals surface area contributed by atoms with E-state index in [4.69, 9.17) is 0 Å². The number of nitrogens with zero attached hydrogens (tertiary/aromatic N) is 1. The summed E-state index contributed by atoms with van der Waals surface area (Å²) in [6, 6.07) is 8.92. The van der Waals surface area contributed by atoms with Gasteiger partial charge < -0.3 is 10.2 Å². The van der Waals surface area contributed by atoms with Gasteiger partial charge in [-0.15, -0.1) is 11.8 Å². The summed E-state index contributed by atoms with van der Waals surface area (Å²) in [6.07, 6.45) is 5.72. The average Bonchev–Trinajstić information content (AvgIpc) is 2.46. The minimum atomic E-state index is 0.198. The number of amides is 1. The normalized spacial score (nSPS) is 26.3. The predicted molar refractivity (Wildman–Crippen MR) is 78.7 cm³/mol. The van der Waals surface area contributed by atoms with E-state index in [1.54, 1.807) is 11.8 Å². The monoisotopic (exact) mass is 276 g/mol. The van der Waals surface area contributed by atoms with Crippen LogP contribution in [0.2, 0.25) is 0 Å². The lowest BCUT2D eigenvalue weighted by Gasteiger charge is -2.42. The number of thioether (sulfide) groups is 1. The first-order chi connectivity index (χ1) is 9.28. The summed E-state index contributed by atoms with van der Waals surface area (Å²) in [4.78, 5) is 15.8. The Labute approximate surface area is 118 Å². The van der Waals surface area contributed by atoms with Crippen LogP contribution in [0.4, 0.5) is 0 Å². The van der Waals surface area contributed by atoms with Crippen molar-refractivity contribution >= 4 is 17.7 Å². The molecular formula is C15H20N2OS. The van der Waals surface area contributed by atoms with E-state index in [0.29, 0.717) is 12.1 Å². The van der Waals surface area contributed by atoms with Crippen LogP contribution in [-0.4, -0.2) is 42.2 Å². The second-order valence-electron chi connectivity index (χ2n) is 5.40. The molecule has 0 aromatic heterocycles. The molecule has 2 bridgehead atoms. The summed E-state index contributed by atoms with van der Waals surface area (Å²) >= 11 is 1.65. The quantitative estimate of drug-likeness (QED) is 0.842. The van der Waals surface area contributed by atoms with Crippen LogP contribution in [-0.2, 0) is 0 Å². The maximum Gasteiger partial charge on any atom is 0.255 e. The number of nitrogens with one attached hydrogen (secondary N) is 1. The Bertz CT molecular complexity index is 465. The van der Waals surface area contributed by atoms with Gasteiger partial charge in [0.1, 0.15) is 0 Å². The van der Waals surface area contributed by atoms with Gasteiger partial charge in [-0.3, -0.25) is 4.79 Å². The number of piperazine rings is 1. The van der Waals surface area contributed by atoms with Gasteiger partial charge in [-0.05, 0) is 31.2 Å². The minimum absolute atomic E-state index is 0.198. The second kappa shape index (κ2) is 5.55. The van der Waals surface area contributed by atoms with Gasteiger partial charge in [0.2, 0.25) is 0 Å². The smallest absolute Gasteiger partial charge is 0.255 e. The molecule has 3 rings (SSSR count). The molecule has 19 heavy (non-hydrogen) atoms. The van der Waals surface area contributed by atoms with Crippen molar-refractivity contribution in [1.82, 2.24) is 10.2 Å². The third-order valence-corrected chi connectivity index (χ3v) is 4.88. The van der Waals surface area contributed by atoms with Gasteiger partial charge in [0, 0.05) is 30.1 Å². The number of benzene rings is 1. The van der Waals surface area contributed by atoms with E-state index in [9.17, 15) is 4.79 Å². The molecule has 0 radical (unpaired) electrons. The molecule has 2 heterocycles. The molecule has 3 nitrogen and oxygen atoms in total. The molecule has 102 valence electrons. The molecule has 0 spiro atoms. The molecule has 0 saturated carbocycles. The molecular weight excluding hydrogens is 256 g/mol. The number of hydrogen-bond acceptors (Lipinski definition) is 3. The summed E-state index contributed by atoms with van der Waals surface area (Å²) < 4.78 is 0. The van der Waals surface area contributed by atoms with Crippen molar-refractivity contribution in [3.8, 4) is 0 Å². The molecule has 4 heteroatoms. The molecule has 2 aliphatic heterocycles. The highest BCUT2D eigenvalue weighted by molar-refractivity contribution is 7.98. The summed E-state index contributed by atoms with van der Waals surface area (Å²) in [5.74, 6) is 0.198. The average molecular weight is 276 g/mol. The Balaban J connectivity index is 1.80. The fraction of sp³-hybridized carbons (Fsp3) is 0.533. The molecule has 2 saturated heterocycles. The number of rotatable bonds is 2. The zero-order chi connectivity index (χ0) is 13.2. The van der Waals surface area contributed by atoms with Crippen molar-refractivity contribution in [2.45, 2.75) is 36.2 Å². The highest BCUT2D eigenvalue weighted by Crippen LogP contribution is 2.25. The van der Waals surface area contributed by atoms with Gasteiger partial charge in [-0.25, -0.2) is 0 Å². The van der Waals surface area contributed by atoms with Crippen LogP contribution in [0.5, 0.6) is 0 Å². The minimum Gasteiger partial charge on any atom is -0.335 e. The zero-order valence-corrected chi connectivity index (χ0v) is 12.1. The summed E-state index contributed by atoms with van der Waals surface area (Å²) in [7, 11) is 0. The third kappa shape index (κ3) is 2.65. The van der Waals surface area contributed by atoms with Crippen LogP contribution in [0.1, 0.15) is 29.6 Å². The Morgan fingerprint density at radius 1 is 1.26 bits per heavy atom. The number of hydrogen-bond donors (Lipinski definition) is 1. The van der Waals surface area contributed by atoms with Gasteiger partial charge in [-0.2, -0.15) is 0 Å². The Morgan fingerprint density at radius 3 is 2.63 bits per heavy atom. The van der Waals surface area contributed by atoms with Gasteiger partial charge >= 0.3 is 0 Å². The SMILES string of the molecule is CSc1ccccc1C(=O)N1CC2CCCC(C1)N2. The molecule has 1 amide bonds. The van der Waals surface area contributed by atoms with Crippen LogP contribution in [0.25, 0.3) is 0 Å². The lowest BCUT2D eigenvalue weighted by atomic mass is 9.94. The van der Waals surface area contributed by atoms with Crippen LogP contribution in [0.3, 0.4) is 0 Å². The van der Waals surface area contributed by atoms with Crippen molar-refractivity contribution < 1.29 is 4.79 Å². The van der Waals surface area contributed by atoms with Crippen LogP contribution in [0, 0.1) is 0 Å². The van der Waals surface area contributed by atoms with Gasteiger partial charge in [-0.1, -0.05) is 18.6 Å². The molecule has 1 N–H and O–H groups in total.